The smallest absolute Gasteiger partial charge is 0.267 e. The summed E-state index contributed by atoms with van der Waals surface area (Å²) in [6.45, 7) is 3.30. The summed E-state index contributed by atoms with van der Waals surface area (Å²) in [5, 5.41) is 3.31. The lowest BCUT2D eigenvalue weighted by Gasteiger charge is -2.13. The zero-order chi connectivity index (χ0) is 12.1. The van der Waals surface area contributed by atoms with E-state index in [4.69, 9.17) is 10.5 Å². The number of pyridine rings is 1. The van der Waals surface area contributed by atoms with Gasteiger partial charge in [0.25, 0.3) is 5.91 Å². The first kappa shape index (κ1) is 12.0. The monoisotopic (exact) mass is 235 g/mol. The average molecular weight is 235 g/mol. The molecule has 5 heteroatoms. The van der Waals surface area contributed by atoms with Crippen LogP contribution in [0.5, 0.6) is 0 Å². The lowest BCUT2D eigenvalue weighted by atomic mass is 10.0. The number of amides is 1. The Bertz CT molecular complexity index is 387. The maximum absolute atomic E-state index is 11.0. The zero-order valence-electron chi connectivity index (χ0n) is 9.69. The van der Waals surface area contributed by atoms with Crippen molar-refractivity contribution in [1.82, 2.24) is 10.3 Å². The molecule has 92 valence electrons. The molecule has 0 spiro atoms. The number of hydrogen-bond acceptors (Lipinski definition) is 4. The lowest BCUT2D eigenvalue weighted by molar-refractivity contribution is 0.0995. The van der Waals surface area contributed by atoms with Gasteiger partial charge in [0.15, 0.2) is 0 Å². The van der Waals surface area contributed by atoms with Gasteiger partial charge in [0.2, 0.25) is 0 Å². The third kappa shape index (κ3) is 3.51. The summed E-state index contributed by atoms with van der Waals surface area (Å²) >= 11 is 0. The number of ether oxygens (including phenoxy) is 1. The van der Waals surface area contributed by atoms with Gasteiger partial charge in [-0.2, -0.15) is 0 Å². The SMILES string of the molecule is NC(=O)c1cccc(C[C@@H]2CNCCOC2)n1. The molecule has 0 aliphatic carbocycles. The predicted octanol–water partition coefficient (Wildman–Crippen LogP) is -0.0410. The molecule has 1 aromatic rings. The van der Waals surface area contributed by atoms with Crippen LogP contribution in [0.3, 0.4) is 0 Å². The fraction of sp³-hybridized carbons (Fsp3) is 0.500. The van der Waals surface area contributed by atoms with Gasteiger partial charge in [-0.3, -0.25) is 4.79 Å². The summed E-state index contributed by atoms with van der Waals surface area (Å²) in [5.41, 5.74) is 6.41. The summed E-state index contributed by atoms with van der Waals surface area (Å²) < 4.78 is 5.48. The van der Waals surface area contributed by atoms with Crippen LogP contribution in [0.25, 0.3) is 0 Å². The van der Waals surface area contributed by atoms with E-state index >= 15 is 0 Å². The van der Waals surface area contributed by atoms with Crippen LogP contribution in [-0.4, -0.2) is 37.2 Å². The molecule has 1 aliphatic rings. The van der Waals surface area contributed by atoms with Gasteiger partial charge in [0, 0.05) is 24.7 Å². The largest absolute Gasteiger partial charge is 0.380 e. The molecule has 0 unspecified atom stereocenters. The van der Waals surface area contributed by atoms with Crippen molar-refractivity contribution in [2.75, 3.05) is 26.3 Å². The quantitative estimate of drug-likeness (QED) is 0.770. The maximum Gasteiger partial charge on any atom is 0.267 e. The van der Waals surface area contributed by atoms with E-state index in [-0.39, 0.29) is 0 Å². The molecular formula is C12H17N3O2. The fourth-order valence-electron chi connectivity index (χ4n) is 1.92. The van der Waals surface area contributed by atoms with Crippen LogP contribution >= 0.6 is 0 Å². The van der Waals surface area contributed by atoms with Gasteiger partial charge in [-0.25, -0.2) is 4.98 Å². The molecule has 0 bridgehead atoms. The normalized spacial score (nSPS) is 20.8. The van der Waals surface area contributed by atoms with Crippen LogP contribution in [-0.2, 0) is 11.2 Å². The van der Waals surface area contributed by atoms with Crippen molar-refractivity contribution in [2.45, 2.75) is 6.42 Å². The van der Waals surface area contributed by atoms with Gasteiger partial charge in [-0.15, -0.1) is 0 Å². The highest BCUT2D eigenvalue weighted by Crippen LogP contribution is 2.09. The number of rotatable bonds is 3. The van der Waals surface area contributed by atoms with Gasteiger partial charge in [0.1, 0.15) is 5.69 Å². The summed E-state index contributed by atoms with van der Waals surface area (Å²) in [5.74, 6) is -0.0878. The van der Waals surface area contributed by atoms with Gasteiger partial charge in [-0.1, -0.05) is 6.07 Å². The Morgan fingerprint density at radius 1 is 1.59 bits per heavy atom. The second kappa shape index (κ2) is 5.75. The van der Waals surface area contributed by atoms with Crippen molar-refractivity contribution in [3.05, 3.63) is 29.6 Å². The molecule has 1 atom stereocenters. The molecule has 2 heterocycles. The van der Waals surface area contributed by atoms with E-state index in [2.05, 4.69) is 10.3 Å². The van der Waals surface area contributed by atoms with Crippen molar-refractivity contribution >= 4 is 5.91 Å². The van der Waals surface area contributed by atoms with Gasteiger partial charge in [-0.05, 0) is 18.6 Å². The predicted molar refractivity (Wildman–Crippen MR) is 63.6 cm³/mol. The third-order valence-electron chi connectivity index (χ3n) is 2.77. The molecule has 1 saturated heterocycles. The molecule has 1 fully saturated rings. The molecule has 1 amide bonds. The molecule has 1 aromatic heterocycles. The molecule has 0 radical (unpaired) electrons. The van der Waals surface area contributed by atoms with Crippen LogP contribution in [0.1, 0.15) is 16.2 Å². The standard InChI is InChI=1S/C12H17N3O2/c13-12(16)11-3-1-2-10(15-11)6-9-7-14-4-5-17-8-9/h1-3,9,14H,4-8H2,(H2,13,16)/t9-/m1/s1. The molecule has 5 nitrogen and oxygen atoms in total. The fourth-order valence-corrected chi connectivity index (χ4v) is 1.92. The highest BCUT2D eigenvalue weighted by atomic mass is 16.5. The zero-order valence-corrected chi connectivity index (χ0v) is 9.69. The molecule has 2 rings (SSSR count). The molecule has 0 saturated carbocycles. The van der Waals surface area contributed by atoms with Crippen molar-refractivity contribution in [3.63, 3.8) is 0 Å². The minimum Gasteiger partial charge on any atom is -0.380 e. The number of nitrogens with zero attached hydrogens (tertiary/aromatic N) is 1. The van der Waals surface area contributed by atoms with Gasteiger partial charge in [0.05, 0.1) is 13.2 Å². The van der Waals surface area contributed by atoms with Crippen LogP contribution in [0.4, 0.5) is 0 Å². The second-order valence-electron chi connectivity index (χ2n) is 4.23. The van der Waals surface area contributed by atoms with Crippen molar-refractivity contribution in [2.24, 2.45) is 11.7 Å². The van der Waals surface area contributed by atoms with E-state index in [1.807, 2.05) is 12.1 Å². The Kier molecular flexibility index (Phi) is 4.06. The van der Waals surface area contributed by atoms with E-state index in [0.29, 0.717) is 11.6 Å². The van der Waals surface area contributed by atoms with Gasteiger partial charge < -0.3 is 15.8 Å². The topological polar surface area (TPSA) is 77.2 Å². The Labute approximate surface area is 100 Å². The van der Waals surface area contributed by atoms with Crippen LogP contribution < -0.4 is 11.1 Å². The Morgan fingerprint density at radius 3 is 3.29 bits per heavy atom. The van der Waals surface area contributed by atoms with E-state index in [1.54, 1.807) is 6.07 Å². The molecule has 1 aliphatic heterocycles. The maximum atomic E-state index is 11.0. The molecular weight excluding hydrogens is 218 g/mol. The number of primary amides is 1. The van der Waals surface area contributed by atoms with E-state index in [9.17, 15) is 4.79 Å². The number of carbonyl (C=O) groups is 1. The van der Waals surface area contributed by atoms with Crippen LogP contribution in [0, 0.1) is 5.92 Å². The number of carbonyl (C=O) groups excluding carboxylic acids is 1. The summed E-state index contributed by atoms with van der Waals surface area (Å²) in [4.78, 5) is 15.3. The van der Waals surface area contributed by atoms with E-state index < -0.39 is 5.91 Å². The Hall–Kier alpha value is -1.46. The summed E-state index contributed by atoms with van der Waals surface area (Å²) in [7, 11) is 0. The second-order valence-corrected chi connectivity index (χ2v) is 4.23. The van der Waals surface area contributed by atoms with Crippen molar-refractivity contribution in [3.8, 4) is 0 Å². The summed E-state index contributed by atoms with van der Waals surface area (Å²) in [6, 6.07) is 5.36. The number of nitrogens with one attached hydrogen (secondary N) is 1. The molecule has 3 N–H and O–H groups in total. The van der Waals surface area contributed by atoms with Crippen LogP contribution in [0.15, 0.2) is 18.2 Å². The van der Waals surface area contributed by atoms with Crippen molar-refractivity contribution in [1.29, 1.82) is 0 Å². The number of nitrogens with two attached hydrogens (primary N) is 1. The minimum absolute atomic E-state index is 0.324. The van der Waals surface area contributed by atoms with Crippen LogP contribution in [0.2, 0.25) is 0 Å². The first-order chi connectivity index (χ1) is 8.25. The Balaban J connectivity index is 2.01. The summed E-state index contributed by atoms with van der Waals surface area (Å²) in [6.07, 6.45) is 0.800. The average Bonchev–Trinajstić information content (AvgIpc) is 2.58. The first-order valence-corrected chi connectivity index (χ1v) is 5.80. The third-order valence-corrected chi connectivity index (χ3v) is 2.77. The van der Waals surface area contributed by atoms with Gasteiger partial charge >= 0.3 is 0 Å². The lowest BCUT2D eigenvalue weighted by Crippen LogP contribution is -2.24. The number of aromatic nitrogens is 1. The Morgan fingerprint density at radius 2 is 2.47 bits per heavy atom. The van der Waals surface area contributed by atoms with Crippen molar-refractivity contribution < 1.29 is 9.53 Å². The minimum atomic E-state index is -0.484. The molecule has 0 aromatic carbocycles. The highest BCUT2D eigenvalue weighted by Gasteiger charge is 2.14. The van der Waals surface area contributed by atoms with E-state index in [1.165, 1.54) is 0 Å². The first-order valence-electron chi connectivity index (χ1n) is 5.80. The van der Waals surface area contributed by atoms with E-state index in [0.717, 1.165) is 38.4 Å². The molecule has 17 heavy (non-hydrogen) atoms. The number of hydrogen-bond donors (Lipinski definition) is 2. The highest BCUT2D eigenvalue weighted by molar-refractivity contribution is 5.90.